The SMILES string of the molecule is Cc1nnc(NC(=O)CC2CCNCC2)s1.Cl. The Bertz CT molecular complexity index is 365. The number of hydrogen-bond donors (Lipinski definition) is 2. The molecule has 1 aliphatic heterocycles. The summed E-state index contributed by atoms with van der Waals surface area (Å²) in [5.74, 6) is 0.568. The molecule has 1 amide bonds. The van der Waals surface area contributed by atoms with Crippen LogP contribution in [0.5, 0.6) is 0 Å². The first-order valence-corrected chi connectivity index (χ1v) is 6.36. The molecule has 0 unspecified atom stereocenters. The van der Waals surface area contributed by atoms with Gasteiger partial charge in [-0.1, -0.05) is 11.3 Å². The second kappa shape index (κ2) is 6.88. The van der Waals surface area contributed by atoms with Gasteiger partial charge in [-0.2, -0.15) is 0 Å². The van der Waals surface area contributed by atoms with Crippen LogP contribution in [0.3, 0.4) is 0 Å². The highest BCUT2D eigenvalue weighted by molar-refractivity contribution is 7.15. The average Bonchev–Trinajstić information content (AvgIpc) is 2.65. The molecule has 2 rings (SSSR count). The van der Waals surface area contributed by atoms with Crippen molar-refractivity contribution in [3.05, 3.63) is 5.01 Å². The minimum atomic E-state index is 0. The Balaban J connectivity index is 0.00000144. The highest BCUT2D eigenvalue weighted by Crippen LogP contribution is 2.18. The van der Waals surface area contributed by atoms with Gasteiger partial charge < -0.3 is 10.6 Å². The van der Waals surface area contributed by atoms with E-state index in [1.165, 1.54) is 11.3 Å². The zero-order chi connectivity index (χ0) is 11.4. The van der Waals surface area contributed by atoms with E-state index in [1.807, 2.05) is 6.92 Å². The molecule has 0 bridgehead atoms. The number of hydrogen-bond acceptors (Lipinski definition) is 5. The molecule has 0 radical (unpaired) electrons. The molecule has 0 saturated carbocycles. The van der Waals surface area contributed by atoms with Gasteiger partial charge in [0.2, 0.25) is 11.0 Å². The lowest BCUT2D eigenvalue weighted by Gasteiger charge is -2.21. The van der Waals surface area contributed by atoms with Crippen molar-refractivity contribution in [3.63, 3.8) is 0 Å². The number of aromatic nitrogens is 2. The molecule has 1 fully saturated rings. The Kier molecular flexibility index (Phi) is 5.80. The number of aryl methyl sites for hydroxylation is 1. The van der Waals surface area contributed by atoms with E-state index in [2.05, 4.69) is 20.8 Å². The third-order valence-electron chi connectivity index (χ3n) is 2.71. The largest absolute Gasteiger partial charge is 0.317 e. The molecule has 0 aromatic carbocycles. The molecule has 2 heterocycles. The lowest BCUT2D eigenvalue weighted by Crippen LogP contribution is -2.30. The number of anilines is 1. The number of piperidine rings is 1. The molecular weight excluding hydrogens is 260 g/mol. The minimum absolute atomic E-state index is 0. The van der Waals surface area contributed by atoms with E-state index in [9.17, 15) is 4.79 Å². The van der Waals surface area contributed by atoms with Gasteiger partial charge in [0.05, 0.1) is 0 Å². The van der Waals surface area contributed by atoms with Crippen LogP contribution in [0.15, 0.2) is 0 Å². The highest BCUT2D eigenvalue weighted by Gasteiger charge is 2.17. The number of nitrogens with one attached hydrogen (secondary N) is 2. The quantitative estimate of drug-likeness (QED) is 0.880. The Morgan fingerprint density at radius 2 is 2.18 bits per heavy atom. The molecule has 0 atom stereocenters. The average molecular weight is 277 g/mol. The fourth-order valence-electron chi connectivity index (χ4n) is 1.87. The zero-order valence-corrected chi connectivity index (χ0v) is 11.4. The molecule has 17 heavy (non-hydrogen) atoms. The Hall–Kier alpha value is -0.720. The minimum Gasteiger partial charge on any atom is -0.317 e. The van der Waals surface area contributed by atoms with Crippen molar-refractivity contribution in [2.75, 3.05) is 18.4 Å². The standard InChI is InChI=1S/C10H16N4OS.ClH/c1-7-13-14-10(16-7)12-9(15)6-8-2-4-11-5-3-8;/h8,11H,2-6H2,1H3,(H,12,14,15);1H. The van der Waals surface area contributed by atoms with Crippen LogP contribution >= 0.6 is 23.7 Å². The van der Waals surface area contributed by atoms with Crippen LogP contribution in [0, 0.1) is 12.8 Å². The van der Waals surface area contributed by atoms with Crippen molar-refractivity contribution in [1.82, 2.24) is 15.5 Å². The topological polar surface area (TPSA) is 66.9 Å². The first kappa shape index (κ1) is 14.3. The van der Waals surface area contributed by atoms with Crippen molar-refractivity contribution in [2.45, 2.75) is 26.2 Å². The van der Waals surface area contributed by atoms with Gasteiger partial charge in [0.1, 0.15) is 5.01 Å². The Morgan fingerprint density at radius 3 is 2.76 bits per heavy atom. The summed E-state index contributed by atoms with van der Waals surface area (Å²) in [5.41, 5.74) is 0. The summed E-state index contributed by atoms with van der Waals surface area (Å²) in [6.07, 6.45) is 2.77. The number of rotatable bonds is 3. The van der Waals surface area contributed by atoms with E-state index in [4.69, 9.17) is 0 Å². The molecule has 5 nitrogen and oxygen atoms in total. The molecule has 0 aliphatic carbocycles. The van der Waals surface area contributed by atoms with Crippen molar-refractivity contribution in [1.29, 1.82) is 0 Å². The van der Waals surface area contributed by atoms with Crippen LogP contribution in [0.2, 0.25) is 0 Å². The first-order valence-electron chi connectivity index (χ1n) is 5.54. The number of carbonyl (C=O) groups is 1. The van der Waals surface area contributed by atoms with Crippen LogP contribution in [0.25, 0.3) is 0 Å². The third-order valence-corrected chi connectivity index (χ3v) is 3.46. The monoisotopic (exact) mass is 276 g/mol. The number of nitrogens with zero attached hydrogens (tertiary/aromatic N) is 2. The lowest BCUT2D eigenvalue weighted by molar-refractivity contribution is -0.117. The van der Waals surface area contributed by atoms with E-state index >= 15 is 0 Å². The van der Waals surface area contributed by atoms with Crippen LogP contribution in [-0.2, 0) is 4.79 Å². The summed E-state index contributed by atoms with van der Waals surface area (Å²) in [5, 5.41) is 15.3. The predicted octanol–water partition coefficient (Wildman–Crippen LogP) is 1.60. The Morgan fingerprint density at radius 1 is 1.47 bits per heavy atom. The van der Waals surface area contributed by atoms with Gasteiger partial charge in [0.25, 0.3) is 0 Å². The molecular formula is C10H17ClN4OS. The number of halogens is 1. The van der Waals surface area contributed by atoms with Gasteiger partial charge in [-0.3, -0.25) is 4.79 Å². The van der Waals surface area contributed by atoms with Gasteiger partial charge in [-0.05, 0) is 38.8 Å². The fraction of sp³-hybridized carbons (Fsp3) is 0.700. The second-order valence-corrected chi connectivity index (χ2v) is 5.25. The predicted molar refractivity (Wildman–Crippen MR) is 70.7 cm³/mol. The number of amides is 1. The molecule has 7 heteroatoms. The zero-order valence-electron chi connectivity index (χ0n) is 9.73. The molecule has 0 spiro atoms. The Labute approximate surface area is 111 Å². The van der Waals surface area contributed by atoms with Crippen molar-refractivity contribution >= 4 is 34.8 Å². The van der Waals surface area contributed by atoms with E-state index < -0.39 is 0 Å². The third kappa shape index (κ3) is 4.57. The summed E-state index contributed by atoms with van der Waals surface area (Å²) < 4.78 is 0. The molecule has 1 aromatic rings. The van der Waals surface area contributed by atoms with Crippen molar-refractivity contribution in [3.8, 4) is 0 Å². The summed E-state index contributed by atoms with van der Waals surface area (Å²) in [4.78, 5) is 11.7. The van der Waals surface area contributed by atoms with Gasteiger partial charge in [-0.15, -0.1) is 22.6 Å². The van der Waals surface area contributed by atoms with Gasteiger partial charge in [0.15, 0.2) is 0 Å². The smallest absolute Gasteiger partial charge is 0.226 e. The fourth-order valence-corrected chi connectivity index (χ4v) is 2.47. The maximum absolute atomic E-state index is 11.7. The summed E-state index contributed by atoms with van der Waals surface area (Å²) in [6, 6.07) is 0. The van der Waals surface area contributed by atoms with Crippen LogP contribution in [0.1, 0.15) is 24.3 Å². The van der Waals surface area contributed by atoms with E-state index in [0.717, 1.165) is 30.9 Å². The van der Waals surface area contributed by atoms with Crippen molar-refractivity contribution < 1.29 is 4.79 Å². The van der Waals surface area contributed by atoms with Gasteiger partial charge in [-0.25, -0.2) is 0 Å². The first-order chi connectivity index (χ1) is 7.74. The van der Waals surface area contributed by atoms with Gasteiger partial charge in [0, 0.05) is 6.42 Å². The van der Waals surface area contributed by atoms with E-state index in [0.29, 0.717) is 17.5 Å². The van der Waals surface area contributed by atoms with Crippen molar-refractivity contribution in [2.24, 2.45) is 5.92 Å². The molecule has 1 saturated heterocycles. The molecule has 2 N–H and O–H groups in total. The summed E-state index contributed by atoms with van der Waals surface area (Å²) in [7, 11) is 0. The van der Waals surface area contributed by atoms with Crippen LogP contribution in [-0.4, -0.2) is 29.2 Å². The number of carbonyl (C=O) groups excluding carboxylic acids is 1. The second-order valence-electron chi connectivity index (χ2n) is 4.07. The maximum atomic E-state index is 11.7. The van der Waals surface area contributed by atoms with E-state index in [1.54, 1.807) is 0 Å². The normalized spacial score (nSPS) is 16.3. The maximum Gasteiger partial charge on any atom is 0.226 e. The van der Waals surface area contributed by atoms with E-state index in [-0.39, 0.29) is 18.3 Å². The van der Waals surface area contributed by atoms with Crippen LogP contribution < -0.4 is 10.6 Å². The van der Waals surface area contributed by atoms with Crippen LogP contribution in [0.4, 0.5) is 5.13 Å². The molecule has 96 valence electrons. The summed E-state index contributed by atoms with van der Waals surface area (Å²) in [6.45, 7) is 3.92. The lowest BCUT2D eigenvalue weighted by atomic mass is 9.94. The molecule has 1 aliphatic rings. The molecule has 1 aromatic heterocycles. The van der Waals surface area contributed by atoms with Gasteiger partial charge >= 0.3 is 0 Å². The highest BCUT2D eigenvalue weighted by atomic mass is 35.5. The summed E-state index contributed by atoms with van der Waals surface area (Å²) >= 11 is 1.41.